The molecule has 0 aliphatic heterocycles. The summed E-state index contributed by atoms with van der Waals surface area (Å²) in [5.74, 6) is 1.42. The van der Waals surface area contributed by atoms with Crippen LogP contribution in [0, 0.1) is 0 Å². The van der Waals surface area contributed by atoms with Crippen LogP contribution >= 0.6 is 11.8 Å². The molecule has 0 fully saturated rings. The van der Waals surface area contributed by atoms with Crippen LogP contribution in [-0.4, -0.2) is 43.2 Å². The Morgan fingerprint density at radius 1 is 1.38 bits per heavy atom. The van der Waals surface area contributed by atoms with Crippen LogP contribution in [0.15, 0.2) is 0 Å². The van der Waals surface area contributed by atoms with Crippen LogP contribution in [0.4, 0.5) is 13.2 Å². The van der Waals surface area contributed by atoms with Crippen molar-refractivity contribution in [3.8, 4) is 0 Å². The van der Waals surface area contributed by atoms with Gasteiger partial charge < -0.3 is 10.6 Å². The molecule has 7 heteroatoms. The van der Waals surface area contributed by atoms with Gasteiger partial charge in [-0.05, 0) is 24.5 Å². The summed E-state index contributed by atoms with van der Waals surface area (Å²) in [6.07, 6.45) is -3.43. The van der Waals surface area contributed by atoms with Crippen LogP contribution < -0.4 is 10.6 Å². The number of amides is 1. The summed E-state index contributed by atoms with van der Waals surface area (Å²) in [7, 11) is 0. The summed E-state index contributed by atoms with van der Waals surface area (Å²) >= 11 is 1.79. The Hall–Kier alpha value is -0.430. The molecule has 0 aromatic carbocycles. The van der Waals surface area contributed by atoms with Crippen LogP contribution in [0.2, 0.25) is 0 Å². The minimum Gasteiger partial charge on any atom is -0.346 e. The second-order valence-electron chi connectivity index (χ2n) is 3.12. The summed E-state index contributed by atoms with van der Waals surface area (Å²) in [5, 5.41) is 4.58. The largest absolute Gasteiger partial charge is 0.405 e. The minimum absolute atomic E-state index is 0.0626. The molecule has 0 aromatic heterocycles. The van der Waals surface area contributed by atoms with E-state index >= 15 is 0 Å². The number of hydrogen-bond acceptors (Lipinski definition) is 3. The molecule has 0 aliphatic rings. The molecule has 0 saturated carbocycles. The van der Waals surface area contributed by atoms with Gasteiger partial charge in [-0.15, -0.1) is 0 Å². The van der Waals surface area contributed by atoms with E-state index in [2.05, 4.69) is 12.2 Å². The smallest absolute Gasteiger partial charge is 0.346 e. The van der Waals surface area contributed by atoms with E-state index in [0.717, 1.165) is 17.9 Å². The number of halogens is 3. The molecule has 0 aromatic rings. The van der Waals surface area contributed by atoms with Gasteiger partial charge in [-0.2, -0.15) is 24.9 Å². The van der Waals surface area contributed by atoms with E-state index in [4.69, 9.17) is 0 Å². The Bertz CT molecular complexity index is 200. The van der Waals surface area contributed by atoms with Crippen molar-refractivity contribution in [3.05, 3.63) is 0 Å². The van der Waals surface area contributed by atoms with Crippen molar-refractivity contribution in [2.75, 3.05) is 31.1 Å². The summed E-state index contributed by atoms with van der Waals surface area (Å²) in [5.41, 5.74) is 0. The average molecular weight is 258 g/mol. The van der Waals surface area contributed by atoms with Crippen molar-refractivity contribution in [2.45, 2.75) is 19.5 Å². The lowest BCUT2D eigenvalue weighted by molar-refractivity contribution is -0.137. The highest BCUT2D eigenvalue weighted by Crippen LogP contribution is 2.11. The second kappa shape index (κ2) is 8.69. The van der Waals surface area contributed by atoms with Gasteiger partial charge in [0.15, 0.2) is 0 Å². The molecule has 3 nitrogen and oxygen atoms in total. The van der Waals surface area contributed by atoms with Gasteiger partial charge in [-0.3, -0.25) is 4.79 Å². The molecule has 16 heavy (non-hydrogen) atoms. The fourth-order valence-electron chi connectivity index (χ4n) is 0.907. The average Bonchev–Trinajstić information content (AvgIpc) is 2.19. The lowest BCUT2D eigenvalue weighted by Gasteiger charge is -2.08. The topological polar surface area (TPSA) is 41.1 Å². The van der Waals surface area contributed by atoms with Gasteiger partial charge in [0.05, 0.1) is 6.54 Å². The van der Waals surface area contributed by atoms with E-state index in [-0.39, 0.29) is 6.54 Å². The number of nitrogens with one attached hydrogen (secondary N) is 2. The molecular formula is C9H17F3N2OS. The van der Waals surface area contributed by atoms with Crippen molar-refractivity contribution in [3.63, 3.8) is 0 Å². The highest BCUT2D eigenvalue weighted by atomic mass is 32.2. The van der Waals surface area contributed by atoms with E-state index in [0.29, 0.717) is 6.54 Å². The number of rotatable bonds is 8. The van der Waals surface area contributed by atoms with E-state index in [1.54, 1.807) is 17.1 Å². The number of thioether (sulfide) groups is 1. The normalized spacial score (nSPS) is 11.5. The van der Waals surface area contributed by atoms with Gasteiger partial charge in [0, 0.05) is 0 Å². The van der Waals surface area contributed by atoms with Gasteiger partial charge in [0.2, 0.25) is 5.91 Å². The van der Waals surface area contributed by atoms with Crippen LogP contribution in [0.25, 0.3) is 0 Å². The molecule has 0 bridgehead atoms. The lowest BCUT2D eigenvalue weighted by Crippen LogP contribution is -2.39. The molecule has 0 aliphatic carbocycles. The standard InChI is InChI=1S/C9H17F3N2OS/c1-2-16-5-3-4-13-6-8(15)14-7-9(10,11)12/h13H,2-7H2,1H3,(H,14,15). The first-order valence-electron chi connectivity index (χ1n) is 5.07. The van der Waals surface area contributed by atoms with E-state index in [1.165, 1.54) is 0 Å². The van der Waals surface area contributed by atoms with Crippen molar-refractivity contribution in [1.29, 1.82) is 0 Å². The number of hydrogen-bond donors (Lipinski definition) is 2. The van der Waals surface area contributed by atoms with E-state index < -0.39 is 18.6 Å². The highest BCUT2D eigenvalue weighted by molar-refractivity contribution is 7.99. The zero-order valence-corrected chi connectivity index (χ0v) is 10.0. The Balaban J connectivity index is 3.31. The van der Waals surface area contributed by atoms with Crippen molar-refractivity contribution < 1.29 is 18.0 Å². The maximum absolute atomic E-state index is 11.7. The Labute approximate surface area is 97.5 Å². The molecule has 0 rings (SSSR count). The maximum atomic E-state index is 11.7. The van der Waals surface area contributed by atoms with Crippen molar-refractivity contribution in [2.24, 2.45) is 0 Å². The van der Waals surface area contributed by atoms with Gasteiger partial charge in [0.1, 0.15) is 6.54 Å². The van der Waals surface area contributed by atoms with E-state index in [9.17, 15) is 18.0 Å². The Kier molecular flexibility index (Phi) is 8.46. The first kappa shape index (κ1) is 15.6. The highest BCUT2D eigenvalue weighted by Gasteiger charge is 2.27. The molecule has 2 N–H and O–H groups in total. The fourth-order valence-corrected chi connectivity index (χ4v) is 1.54. The third kappa shape index (κ3) is 11.6. The Morgan fingerprint density at radius 2 is 2.06 bits per heavy atom. The summed E-state index contributed by atoms with van der Waals surface area (Å²) in [6, 6.07) is 0. The van der Waals surface area contributed by atoms with Gasteiger partial charge in [-0.1, -0.05) is 6.92 Å². The summed E-state index contributed by atoms with van der Waals surface area (Å²) in [6.45, 7) is 1.38. The lowest BCUT2D eigenvalue weighted by atomic mass is 10.4. The SMILES string of the molecule is CCSCCCNCC(=O)NCC(F)(F)F. The van der Waals surface area contributed by atoms with E-state index in [1.807, 2.05) is 0 Å². The van der Waals surface area contributed by atoms with Crippen LogP contribution in [0.1, 0.15) is 13.3 Å². The molecule has 0 atom stereocenters. The zero-order valence-electron chi connectivity index (χ0n) is 9.19. The number of carbonyl (C=O) groups is 1. The number of carbonyl (C=O) groups excluding carboxylic acids is 1. The molecular weight excluding hydrogens is 241 g/mol. The first-order chi connectivity index (χ1) is 7.45. The first-order valence-corrected chi connectivity index (χ1v) is 6.23. The number of alkyl halides is 3. The molecule has 0 saturated heterocycles. The van der Waals surface area contributed by atoms with Crippen LogP contribution in [0.5, 0.6) is 0 Å². The predicted molar refractivity (Wildman–Crippen MR) is 59.6 cm³/mol. The summed E-state index contributed by atoms with van der Waals surface area (Å²) < 4.78 is 35.1. The van der Waals surface area contributed by atoms with Gasteiger partial charge in [-0.25, -0.2) is 0 Å². The quantitative estimate of drug-likeness (QED) is 0.647. The third-order valence-electron chi connectivity index (χ3n) is 1.62. The third-order valence-corrected chi connectivity index (χ3v) is 2.60. The van der Waals surface area contributed by atoms with Crippen LogP contribution in [-0.2, 0) is 4.79 Å². The maximum Gasteiger partial charge on any atom is 0.405 e. The predicted octanol–water partition coefficient (Wildman–Crippen LogP) is 1.40. The Morgan fingerprint density at radius 3 is 2.62 bits per heavy atom. The van der Waals surface area contributed by atoms with Crippen LogP contribution in [0.3, 0.4) is 0 Å². The van der Waals surface area contributed by atoms with Gasteiger partial charge in [0.25, 0.3) is 0 Å². The molecule has 96 valence electrons. The molecule has 0 spiro atoms. The van der Waals surface area contributed by atoms with Crippen molar-refractivity contribution >= 4 is 17.7 Å². The monoisotopic (exact) mass is 258 g/mol. The fraction of sp³-hybridized carbons (Fsp3) is 0.889. The molecule has 0 radical (unpaired) electrons. The van der Waals surface area contributed by atoms with Crippen molar-refractivity contribution in [1.82, 2.24) is 10.6 Å². The molecule has 1 amide bonds. The zero-order chi connectivity index (χ0) is 12.4. The summed E-state index contributed by atoms with van der Waals surface area (Å²) in [4.78, 5) is 10.9. The molecule has 0 unspecified atom stereocenters. The second-order valence-corrected chi connectivity index (χ2v) is 4.51. The molecule has 0 heterocycles. The van der Waals surface area contributed by atoms with Gasteiger partial charge >= 0.3 is 6.18 Å². The minimum atomic E-state index is -4.34.